The largest absolute Gasteiger partial charge is 0.489 e. The summed E-state index contributed by atoms with van der Waals surface area (Å²) in [5, 5.41) is 3.27. The molecule has 0 spiro atoms. The molecule has 0 bridgehead atoms. The number of para-hydroxylation sites is 2. The van der Waals surface area contributed by atoms with E-state index in [1.807, 2.05) is 61.6 Å². The molecular weight excluding hydrogens is 420 g/mol. The van der Waals surface area contributed by atoms with Crippen LogP contribution >= 0.6 is 0 Å². The number of benzene rings is 2. The van der Waals surface area contributed by atoms with Crippen molar-refractivity contribution in [2.45, 2.75) is 18.9 Å². The van der Waals surface area contributed by atoms with E-state index in [1.54, 1.807) is 16.5 Å². The standard InChI is InChI=1S/C25H28N4O4/c1-28-20-11-7-8-12-21(20)33-16-19(24(28)30)26-14-13-18-23(25(31)32-3)29(2)22(27-18)15-17-9-5-4-6-10-17/h4-12,19,26H,13-16H2,1-3H3/t19-/m0/s1. The van der Waals surface area contributed by atoms with Gasteiger partial charge in [0.25, 0.3) is 0 Å². The number of esters is 1. The molecule has 0 saturated carbocycles. The number of nitrogens with zero attached hydrogens (tertiary/aromatic N) is 3. The monoisotopic (exact) mass is 448 g/mol. The molecule has 0 radical (unpaired) electrons. The lowest BCUT2D eigenvalue weighted by atomic mass is 10.1. The van der Waals surface area contributed by atoms with Gasteiger partial charge < -0.3 is 24.3 Å². The molecule has 1 N–H and O–H groups in total. The highest BCUT2D eigenvalue weighted by atomic mass is 16.5. The van der Waals surface area contributed by atoms with Crippen molar-refractivity contribution < 1.29 is 19.1 Å². The SMILES string of the molecule is COC(=O)c1c(CCN[C@H]2COc3ccccc3N(C)C2=O)nc(Cc2ccccc2)n1C. The second-order valence-corrected chi connectivity index (χ2v) is 7.97. The molecule has 0 fully saturated rings. The van der Waals surface area contributed by atoms with E-state index in [-0.39, 0.29) is 12.5 Å². The molecule has 0 unspecified atom stereocenters. The number of fused-ring (bicyclic) bond motifs is 1. The van der Waals surface area contributed by atoms with Gasteiger partial charge in [-0.25, -0.2) is 9.78 Å². The number of amides is 1. The molecule has 8 heteroatoms. The van der Waals surface area contributed by atoms with E-state index in [2.05, 4.69) is 5.32 Å². The second kappa shape index (κ2) is 9.87. The minimum atomic E-state index is -0.503. The summed E-state index contributed by atoms with van der Waals surface area (Å²) in [7, 11) is 4.93. The molecule has 0 saturated heterocycles. The molecule has 33 heavy (non-hydrogen) atoms. The number of anilines is 1. The average Bonchev–Trinajstić information content (AvgIpc) is 3.08. The number of likely N-dealkylation sites (N-methyl/N-ethyl adjacent to an activating group) is 1. The summed E-state index contributed by atoms with van der Waals surface area (Å²) in [4.78, 5) is 31.7. The molecule has 1 atom stereocenters. The first-order valence-electron chi connectivity index (χ1n) is 10.9. The van der Waals surface area contributed by atoms with Crippen molar-refractivity contribution in [2.75, 3.05) is 32.2 Å². The molecule has 4 rings (SSSR count). The van der Waals surface area contributed by atoms with E-state index >= 15 is 0 Å². The zero-order valence-electron chi connectivity index (χ0n) is 19.1. The number of nitrogens with one attached hydrogen (secondary N) is 1. The Labute approximate surface area is 193 Å². The van der Waals surface area contributed by atoms with Crippen molar-refractivity contribution in [1.82, 2.24) is 14.9 Å². The van der Waals surface area contributed by atoms with Crippen LogP contribution < -0.4 is 15.0 Å². The summed E-state index contributed by atoms with van der Waals surface area (Å²) >= 11 is 0. The van der Waals surface area contributed by atoms with Gasteiger partial charge in [0, 0.05) is 33.5 Å². The highest BCUT2D eigenvalue weighted by molar-refractivity contribution is 5.98. The van der Waals surface area contributed by atoms with Crippen molar-refractivity contribution in [3.8, 4) is 5.75 Å². The Morgan fingerprint density at radius 1 is 1.15 bits per heavy atom. The fourth-order valence-electron chi connectivity index (χ4n) is 4.03. The third-order valence-corrected chi connectivity index (χ3v) is 5.86. The van der Waals surface area contributed by atoms with Gasteiger partial charge in [0.15, 0.2) is 5.69 Å². The maximum absolute atomic E-state index is 12.9. The quantitative estimate of drug-likeness (QED) is 0.559. The van der Waals surface area contributed by atoms with Crippen molar-refractivity contribution in [2.24, 2.45) is 7.05 Å². The lowest BCUT2D eigenvalue weighted by molar-refractivity contribution is -0.120. The number of hydrogen-bond acceptors (Lipinski definition) is 6. The zero-order valence-corrected chi connectivity index (χ0v) is 19.1. The Bertz CT molecular complexity index is 1140. The van der Waals surface area contributed by atoms with Gasteiger partial charge in [-0.15, -0.1) is 0 Å². The van der Waals surface area contributed by atoms with E-state index in [4.69, 9.17) is 14.5 Å². The second-order valence-electron chi connectivity index (χ2n) is 7.97. The van der Waals surface area contributed by atoms with E-state index < -0.39 is 12.0 Å². The summed E-state index contributed by atoms with van der Waals surface area (Å²) < 4.78 is 12.6. The summed E-state index contributed by atoms with van der Waals surface area (Å²) in [6.45, 7) is 0.682. The Morgan fingerprint density at radius 3 is 2.64 bits per heavy atom. The van der Waals surface area contributed by atoms with E-state index in [0.717, 1.165) is 17.1 Å². The van der Waals surface area contributed by atoms with Crippen LogP contribution in [0.25, 0.3) is 0 Å². The zero-order chi connectivity index (χ0) is 23.4. The first-order valence-corrected chi connectivity index (χ1v) is 10.9. The van der Waals surface area contributed by atoms with E-state index in [0.29, 0.717) is 36.5 Å². The normalized spacial score (nSPS) is 15.5. The summed E-state index contributed by atoms with van der Waals surface area (Å²) in [5.41, 5.74) is 2.92. The van der Waals surface area contributed by atoms with Crippen molar-refractivity contribution in [3.63, 3.8) is 0 Å². The number of methoxy groups -OCH3 is 1. The van der Waals surface area contributed by atoms with Crippen LogP contribution in [0, 0.1) is 0 Å². The lowest BCUT2D eigenvalue weighted by Crippen LogP contribution is -2.47. The molecular formula is C25H28N4O4. The molecule has 172 valence electrons. The van der Waals surface area contributed by atoms with Gasteiger partial charge in [0.2, 0.25) is 5.91 Å². The third kappa shape index (κ3) is 4.75. The van der Waals surface area contributed by atoms with E-state index in [1.165, 1.54) is 7.11 Å². The van der Waals surface area contributed by atoms with Crippen LogP contribution in [0.15, 0.2) is 54.6 Å². The van der Waals surface area contributed by atoms with Crippen LogP contribution in [0.4, 0.5) is 5.69 Å². The van der Waals surface area contributed by atoms with Crippen LogP contribution in [0.5, 0.6) is 5.75 Å². The average molecular weight is 449 g/mol. The van der Waals surface area contributed by atoms with Gasteiger partial charge in [-0.2, -0.15) is 0 Å². The number of ether oxygens (including phenoxy) is 2. The first-order chi connectivity index (χ1) is 16.0. The molecule has 1 amide bonds. The van der Waals surface area contributed by atoms with Gasteiger partial charge in [-0.3, -0.25) is 4.79 Å². The van der Waals surface area contributed by atoms with Crippen LogP contribution in [0.3, 0.4) is 0 Å². The number of hydrogen-bond donors (Lipinski definition) is 1. The van der Waals surface area contributed by atoms with Crippen LogP contribution in [0.1, 0.15) is 27.6 Å². The lowest BCUT2D eigenvalue weighted by Gasteiger charge is -2.20. The molecule has 1 aromatic heterocycles. The molecule has 0 aliphatic carbocycles. The number of imidazole rings is 1. The number of rotatable bonds is 7. The topological polar surface area (TPSA) is 85.7 Å². The third-order valence-electron chi connectivity index (χ3n) is 5.86. The molecule has 1 aliphatic rings. The fraction of sp³-hybridized carbons (Fsp3) is 0.320. The Hall–Kier alpha value is -3.65. The highest BCUT2D eigenvalue weighted by Crippen LogP contribution is 2.29. The van der Waals surface area contributed by atoms with Gasteiger partial charge in [0.1, 0.15) is 24.2 Å². The van der Waals surface area contributed by atoms with Crippen LogP contribution in [0.2, 0.25) is 0 Å². The molecule has 3 aromatic rings. The van der Waals surface area contributed by atoms with Crippen LogP contribution in [-0.4, -0.2) is 54.8 Å². The Morgan fingerprint density at radius 2 is 1.88 bits per heavy atom. The predicted octanol–water partition coefficient (Wildman–Crippen LogP) is 2.35. The predicted molar refractivity (Wildman–Crippen MR) is 125 cm³/mol. The minimum Gasteiger partial charge on any atom is -0.489 e. The van der Waals surface area contributed by atoms with Crippen LogP contribution in [-0.2, 0) is 29.4 Å². The summed E-state index contributed by atoms with van der Waals surface area (Å²) in [5.74, 6) is 0.962. The fourth-order valence-corrected chi connectivity index (χ4v) is 4.03. The number of carbonyl (C=O) groups excluding carboxylic acids is 2. The van der Waals surface area contributed by atoms with Gasteiger partial charge in [-0.1, -0.05) is 42.5 Å². The van der Waals surface area contributed by atoms with Gasteiger partial charge in [0.05, 0.1) is 18.5 Å². The Kier molecular flexibility index (Phi) is 6.74. The molecule has 8 nitrogen and oxygen atoms in total. The Balaban J connectivity index is 1.47. The smallest absolute Gasteiger partial charge is 0.356 e. The van der Waals surface area contributed by atoms with Crippen molar-refractivity contribution in [1.29, 1.82) is 0 Å². The molecule has 1 aliphatic heterocycles. The molecule has 2 heterocycles. The van der Waals surface area contributed by atoms with Crippen molar-refractivity contribution in [3.05, 3.63) is 77.4 Å². The maximum atomic E-state index is 12.9. The maximum Gasteiger partial charge on any atom is 0.356 e. The van der Waals surface area contributed by atoms with Gasteiger partial charge >= 0.3 is 5.97 Å². The van der Waals surface area contributed by atoms with Gasteiger partial charge in [-0.05, 0) is 17.7 Å². The number of carbonyl (C=O) groups is 2. The summed E-state index contributed by atoms with van der Waals surface area (Å²) in [6.07, 6.45) is 1.07. The minimum absolute atomic E-state index is 0.0704. The number of aromatic nitrogens is 2. The highest BCUT2D eigenvalue weighted by Gasteiger charge is 2.29. The molecule has 2 aromatic carbocycles. The van der Waals surface area contributed by atoms with Crippen molar-refractivity contribution >= 4 is 17.6 Å². The summed E-state index contributed by atoms with van der Waals surface area (Å²) in [6, 6.07) is 16.9. The van der Waals surface area contributed by atoms with E-state index in [9.17, 15) is 9.59 Å². The first kappa shape index (κ1) is 22.5.